The zero-order chi connectivity index (χ0) is 25.3. The van der Waals surface area contributed by atoms with Crippen LogP contribution in [-0.4, -0.2) is 29.0 Å². The molecule has 0 atom stereocenters. The Morgan fingerprint density at radius 3 is 2.50 bits per heavy atom. The highest BCUT2D eigenvalue weighted by atomic mass is 32.2. The van der Waals surface area contributed by atoms with Gasteiger partial charge in [0.15, 0.2) is 10.8 Å². The molecule has 1 N–H and O–H groups in total. The van der Waals surface area contributed by atoms with Crippen LogP contribution in [0.15, 0.2) is 97.4 Å². The summed E-state index contributed by atoms with van der Waals surface area (Å²) in [6.45, 7) is 1.83. The topological polar surface area (TPSA) is 111 Å². The Morgan fingerprint density at radius 2 is 1.81 bits per heavy atom. The summed E-state index contributed by atoms with van der Waals surface area (Å²) in [5.74, 6) is 1.00. The summed E-state index contributed by atoms with van der Waals surface area (Å²) in [6, 6.07) is 19.2. The fraction of sp³-hybridized carbons (Fsp3) is 0.0800. The van der Waals surface area contributed by atoms with Crippen LogP contribution in [0.5, 0.6) is 0 Å². The second kappa shape index (κ2) is 9.44. The van der Waals surface area contributed by atoms with Crippen LogP contribution in [0.3, 0.4) is 0 Å². The second-order valence-electron chi connectivity index (χ2n) is 7.84. The normalized spacial score (nSPS) is 11.8. The van der Waals surface area contributed by atoms with E-state index in [1.54, 1.807) is 39.0 Å². The lowest BCUT2D eigenvalue weighted by Gasteiger charge is -2.07. The van der Waals surface area contributed by atoms with Gasteiger partial charge < -0.3 is 4.42 Å². The predicted molar refractivity (Wildman–Crippen MR) is 140 cm³/mol. The SMILES string of the molecule is Cc1c(N=Cc2ccc(-c3ccc(S(=O)(=O)Nc4nccs4)cc3)o2)c(=O)n(-c2ccccc2)n1C. The number of thiazole rings is 1. The molecule has 0 radical (unpaired) electrons. The first-order valence-corrected chi connectivity index (χ1v) is 13.2. The maximum Gasteiger partial charge on any atom is 0.297 e. The monoisotopic (exact) mass is 519 g/mol. The summed E-state index contributed by atoms with van der Waals surface area (Å²) < 4.78 is 36.7. The third-order valence-electron chi connectivity index (χ3n) is 5.57. The molecule has 3 aromatic heterocycles. The molecule has 36 heavy (non-hydrogen) atoms. The number of nitrogens with one attached hydrogen (secondary N) is 1. The summed E-state index contributed by atoms with van der Waals surface area (Å²) in [4.78, 5) is 21.5. The van der Waals surface area contributed by atoms with E-state index in [1.165, 1.54) is 35.9 Å². The zero-order valence-corrected chi connectivity index (χ0v) is 21.0. The molecule has 0 saturated carbocycles. The molecule has 0 fully saturated rings. The third kappa shape index (κ3) is 4.53. The average Bonchev–Trinajstić information content (AvgIpc) is 3.60. The fourth-order valence-corrected chi connectivity index (χ4v) is 5.44. The number of anilines is 1. The van der Waals surface area contributed by atoms with E-state index in [4.69, 9.17) is 4.42 Å². The number of aromatic nitrogens is 3. The Bertz CT molecular complexity index is 1700. The zero-order valence-electron chi connectivity index (χ0n) is 19.3. The standard InChI is InChI=1S/C25H21N5O4S2/c1-17-23(24(31)30(29(17)2)19-6-4-3-5-7-19)27-16-20-10-13-22(34-20)18-8-11-21(12-9-18)36(32,33)28-25-26-14-15-35-25/h3-16H,1-2H3,(H,26,28). The van der Waals surface area contributed by atoms with Crippen LogP contribution < -0.4 is 10.3 Å². The number of hydrogen-bond donors (Lipinski definition) is 1. The lowest BCUT2D eigenvalue weighted by atomic mass is 10.2. The van der Waals surface area contributed by atoms with Crippen molar-refractivity contribution in [3.8, 4) is 17.0 Å². The molecule has 3 heterocycles. The van der Waals surface area contributed by atoms with Crippen molar-refractivity contribution in [1.29, 1.82) is 0 Å². The molecule has 0 aliphatic carbocycles. The first-order chi connectivity index (χ1) is 17.3. The molecule has 5 aromatic rings. The van der Waals surface area contributed by atoms with Crippen LogP contribution in [0.25, 0.3) is 17.0 Å². The molecule has 9 nitrogen and oxygen atoms in total. The molecule has 0 unspecified atom stereocenters. The number of sulfonamides is 1. The average molecular weight is 520 g/mol. The number of hydrogen-bond acceptors (Lipinski definition) is 7. The van der Waals surface area contributed by atoms with Gasteiger partial charge in [-0.25, -0.2) is 23.1 Å². The van der Waals surface area contributed by atoms with Crippen molar-refractivity contribution in [1.82, 2.24) is 14.3 Å². The van der Waals surface area contributed by atoms with Crippen molar-refractivity contribution in [2.45, 2.75) is 11.8 Å². The van der Waals surface area contributed by atoms with E-state index in [2.05, 4.69) is 14.7 Å². The van der Waals surface area contributed by atoms with Crippen molar-refractivity contribution in [3.63, 3.8) is 0 Å². The van der Waals surface area contributed by atoms with Crippen LogP contribution >= 0.6 is 11.3 Å². The minimum absolute atomic E-state index is 0.115. The fourth-order valence-electron chi connectivity index (χ4n) is 3.65. The first kappa shape index (κ1) is 23.5. The second-order valence-corrected chi connectivity index (χ2v) is 10.4. The Kier molecular flexibility index (Phi) is 6.17. The minimum atomic E-state index is -3.73. The lowest BCUT2D eigenvalue weighted by molar-refractivity contribution is 0.575. The van der Waals surface area contributed by atoms with E-state index in [0.29, 0.717) is 27.9 Å². The predicted octanol–water partition coefficient (Wildman–Crippen LogP) is 4.75. The van der Waals surface area contributed by atoms with Crippen molar-refractivity contribution < 1.29 is 12.8 Å². The van der Waals surface area contributed by atoms with Gasteiger partial charge in [0.2, 0.25) is 0 Å². The first-order valence-electron chi connectivity index (χ1n) is 10.8. The molecular formula is C25H21N5O4S2. The van der Waals surface area contributed by atoms with Gasteiger partial charge in [-0.1, -0.05) is 18.2 Å². The molecule has 0 amide bonds. The van der Waals surface area contributed by atoms with E-state index in [9.17, 15) is 13.2 Å². The van der Waals surface area contributed by atoms with Crippen molar-refractivity contribution in [2.24, 2.45) is 12.0 Å². The van der Waals surface area contributed by atoms with Crippen molar-refractivity contribution in [3.05, 3.63) is 100 Å². The molecule has 0 aliphatic heterocycles. The Labute approximate surface area is 211 Å². The maximum absolute atomic E-state index is 13.0. The van der Waals surface area contributed by atoms with E-state index < -0.39 is 10.0 Å². The number of para-hydroxylation sites is 1. The van der Waals surface area contributed by atoms with Gasteiger partial charge in [0.05, 0.1) is 22.5 Å². The van der Waals surface area contributed by atoms with E-state index in [-0.39, 0.29) is 10.5 Å². The highest BCUT2D eigenvalue weighted by Gasteiger charge is 2.17. The van der Waals surface area contributed by atoms with Gasteiger partial charge in [-0.05, 0) is 55.5 Å². The van der Waals surface area contributed by atoms with Gasteiger partial charge in [0.1, 0.15) is 11.5 Å². The Balaban J connectivity index is 1.36. The molecular weight excluding hydrogens is 498 g/mol. The van der Waals surface area contributed by atoms with E-state index in [1.807, 2.05) is 44.3 Å². The number of furan rings is 1. The van der Waals surface area contributed by atoms with Crippen molar-refractivity contribution >= 4 is 38.4 Å². The maximum atomic E-state index is 13.0. The largest absolute Gasteiger partial charge is 0.455 e. The van der Waals surface area contributed by atoms with Gasteiger partial charge in [-0.3, -0.25) is 14.2 Å². The summed E-state index contributed by atoms with van der Waals surface area (Å²) in [6.07, 6.45) is 3.03. The Hall–Kier alpha value is -4.22. The third-order valence-corrected chi connectivity index (χ3v) is 7.75. The molecule has 0 aliphatic rings. The Morgan fingerprint density at radius 1 is 1.06 bits per heavy atom. The summed E-state index contributed by atoms with van der Waals surface area (Å²) >= 11 is 1.20. The molecule has 11 heteroatoms. The van der Waals surface area contributed by atoms with E-state index in [0.717, 1.165) is 11.4 Å². The number of aliphatic imine (C=N–C) groups is 1. The van der Waals surface area contributed by atoms with Gasteiger partial charge in [0, 0.05) is 24.2 Å². The molecule has 0 bridgehead atoms. The smallest absolute Gasteiger partial charge is 0.297 e. The van der Waals surface area contributed by atoms with Crippen LogP contribution in [0, 0.1) is 6.92 Å². The quantitative estimate of drug-likeness (QED) is 0.312. The van der Waals surface area contributed by atoms with Gasteiger partial charge in [-0.2, -0.15) is 0 Å². The summed E-state index contributed by atoms with van der Waals surface area (Å²) in [7, 11) is -1.92. The summed E-state index contributed by atoms with van der Waals surface area (Å²) in [5, 5.41) is 2.00. The molecule has 0 spiro atoms. The van der Waals surface area contributed by atoms with Crippen LogP contribution in [-0.2, 0) is 17.1 Å². The highest BCUT2D eigenvalue weighted by Crippen LogP contribution is 2.25. The minimum Gasteiger partial charge on any atom is -0.455 e. The molecule has 182 valence electrons. The van der Waals surface area contributed by atoms with Crippen LogP contribution in [0.1, 0.15) is 11.5 Å². The van der Waals surface area contributed by atoms with Crippen LogP contribution in [0.4, 0.5) is 10.8 Å². The molecule has 0 saturated heterocycles. The number of benzene rings is 2. The number of nitrogens with zero attached hydrogens (tertiary/aromatic N) is 4. The highest BCUT2D eigenvalue weighted by molar-refractivity contribution is 7.93. The van der Waals surface area contributed by atoms with Crippen molar-refractivity contribution in [2.75, 3.05) is 4.72 Å². The van der Waals surface area contributed by atoms with Gasteiger partial charge >= 0.3 is 0 Å². The van der Waals surface area contributed by atoms with Gasteiger partial charge in [-0.15, -0.1) is 11.3 Å². The van der Waals surface area contributed by atoms with E-state index >= 15 is 0 Å². The molecule has 5 rings (SSSR count). The van der Waals surface area contributed by atoms with Crippen LogP contribution in [0.2, 0.25) is 0 Å². The lowest BCUT2D eigenvalue weighted by Crippen LogP contribution is -2.19. The van der Waals surface area contributed by atoms with Gasteiger partial charge in [0.25, 0.3) is 15.6 Å². The number of rotatable bonds is 7. The molecule has 2 aromatic carbocycles. The summed E-state index contributed by atoms with van der Waals surface area (Å²) in [5.41, 5.74) is 2.26.